The van der Waals surface area contributed by atoms with Gasteiger partial charge in [0.1, 0.15) is 17.3 Å². The SMILES string of the molecule is C=CC(=C)OCCCOc1ccc(C(=O)Oc2ccc(CCC3CCC(C4CCC(CCC)CC4)CC3)cc2)cc1. The van der Waals surface area contributed by atoms with Crippen LogP contribution in [0, 0.1) is 23.7 Å². The Morgan fingerprint density at radius 2 is 1.39 bits per heavy atom. The normalized spacial score (nSPS) is 22.5. The van der Waals surface area contributed by atoms with Crippen molar-refractivity contribution in [2.45, 2.75) is 90.4 Å². The van der Waals surface area contributed by atoms with Gasteiger partial charge in [0.15, 0.2) is 0 Å². The van der Waals surface area contributed by atoms with Crippen molar-refractivity contribution in [1.82, 2.24) is 0 Å². The summed E-state index contributed by atoms with van der Waals surface area (Å²) in [5, 5.41) is 0. The zero-order valence-corrected chi connectivity index (χ0v) is 25.2. The van der Waals surface area contributed by atoms with E-state index in [2.05, 4.69) is 32.2 Å². The number of ether oxygens (including phenoxy) is 3. The summed E-state index contributed by atoms with van der Waals surface area (Å²) >= 11 is 0. The molecule has 0 atom stereocenters. The van der Waals surface area contributed by atoms with E-state index in [9.17, 15) is 4.79 Å². The summed E-state index contributed by atoms with van der Waals surface area (Å²) in [5.74, 6) is 5.34. The lowest BCUT2D eigenvalue weighted by atomic mass is 9.68. The van der Waals surface area contributed by atoms with Crippen LogP contribution in [0.3, 0.4) is 0 Å². The minimum atomic E-state index is -0.365. The quantitative estimate of drug-likeness (QED) is 0.0717. The largest absolute Gasteiger partial charge is 0.494 e. The first kappa shape index (κ1) is 30.9. The Balaban J connectivity index is 1.12. The lowest BCUT2D eigenvalue weighted by Crippen LogP contribution is -2.26. The topological polar surface area (TPSA) is 44.8 Å². The van der Waals surface area contributed by atoms with Crippen LogP contribution in [-0.4, -0.2) is 19.2 Å². The molecule has 0 saturated heterocycles. The van der Waals surface area contributed by atoms with Gasteiger partial charge in [-0.15, -0.1) is 0 Å². The first-order chi connectivity index (χ1) is 20.0. The van der Waals surface area contributed by atoms with Gasteiger partial charge in [-0.3, -0.25) is 0 Å². The highest BCUT2D eigenvalue weighted by atomic mass is 16.5. The van der Waals surface area contributed by atoms with Gasteiger partial charge in [0.25, 0.3) is 0 Å². The number of carbonyl (C=O) groups is 1. The Labute approximate surface area is 248 Å². The molecule has 4 rings (SSSR count). The van der Waals surface area contributed by atoms with E-state index in [4.69, 9.17) is 14.2 Å². The van der Waals surface area contributed by atoms with E-state index in [1.807, 2.05) is 12.1 Å². The van der Waals surface area contributed by atoms with Gasteiger partial charge < -0.3 is 14.2 Å². The fourth-order valence-electron chi connectivity index (χ4n) is 6.76. The molecule has 2 aromatic carbocycles. The molecule has 0 radical (unpaired) electrons. The van der Waals surface area contributed by atoms with Gasteiger partial charge in [0.2, 0.25) is 0 Å². The van der Waals surface area contributed by atoms with Crippen molar-refractivity contribution in [3.8, 4) is 11.5 Å². The highest BCUT2D eigenvalue weighted by Gasteiger charge is 2.30. The van der Waals surface area contributed by atoms with E-state index in [0.717, 1.165) is 36.5 Å². The van der Waals surface area contributed by atoms with Crippen LogP contribution in [-0.2, 0) is 11.2 Å². The molecule has 4 nitrogen and oxygen atoms in total. The zero-order valence-electron chi connectivity index (χ0n) is 25.2. The highest BCUT2D eigenvalue weighted by Crippen LogP contribution is 2.43. The van der Waals surface area contributed by atoms with Crippen LogP contribution < -0.4 is 9.47 Å². The third-order valence-corrected chi connectivity index (χ3v) is 9.28. The number of hydrogen-bond donors (Lipinski definition) is 0. The third-order valence-electron chi connectivity index (χ3n) is 9.28. The molecule has 2 fully saturated rings. The number of benzene rings is 2. The summed E-state index contributed by atoms with van der Waals surface area (Å²) in [6.45, 7) is 10.7. The van der Waals surface area contributed by atoms with Gasteiger partial charge in [0, 0.05) is 6.42 Å². The van der Waals surface area contributed by atoms with Crippen LogP contribution in [0.1, 0.15) is 99.9 Å². The predicted octanol–water partition coefficient (Wildman–Crippen LogP) is 9.74. The first-order valence-corrected chi connectivity index (χ1v) is 16.0. The molecule has 0 aromatic heterocycles. The smallest absolute Gasteiger partial charge is 0.343 e. The van der Waals surface area contributed by atoms with E-state index in [1.54, 1.807) is 30.3 Å². The average Bonchev–Trinajstić information content (AvgIpc) is 3.01. The predicted molar refractivity (Wildman–Crippen MR) is 167 cm³/mol. The molecule has 2 aliphatic rings. The molecule has 2 aromatic rings. The van der Waals surface area contributed by atoms with Crippen molar-refractivity contribution in [2.75, 3.05) is 13.2 Å². The molecule has 0 unspecified atom stereocenters. The zero-order chi connectivity index (χ0) is 28.9. The van der Waals surface area contributed by atoms with E-state index >= 15 is 0 Å². The van der Waals surface area contributed by atoms with Crippen LogP contribution in [0.4, 0.5) is 0 Å². The molecule has 222 valence electrons. The monoisotopic (exact) mass is 558 g/mol. The summed E-state index contributed by atoms with van der Waals surface area (Å²) in [6.07, 6.45) is 19.1. The molecule has 2 saturated carbocycles. The molecule has 2 aliphatic carbocycles. The molecule has 41 heavy (non-hydrogen) atoms. The molecular formula is C37H50O4. The second kappa shape index (κ2) is 16.4. The van der Waals surface area contributed by atoms with E-state index < -0.39 is 0 Å². The van der Waals surface area contributed by atoms with Gasteiger partial charge in [-0.25, -0.2) is 4.79 Å². The second-order valence-corrected chi connectivity index (χ2v) is 12.2. The Morgan fingerprint density at radius 1 is 0.805 bits per heavy atom. The lowest BCUT2D eigenvalue weighted by molar-refractivity contribution is 0.0734. The molecular weight excluding hydrogens is 508 g/mol. The summed E-state index contributed by atoms with van der Waals surface area (Å²) in [7, 11) is 0. The number of esters is 1. The lowest BCUT2D eigenvalue weighted by Gasteiger charge is -2.38. The standard InChI is InChI=1S/C37H50O4/c1-4-7-29-10-16-32(17-11-29)33-18-12-30(13-19-33)8-9-31-14-22-36(23-15-31)41-37(38)34-20-24-35(25-21-34)40-27-6-26-39-28(3)5-2/h5,14-15,20-25,29-30,32-33H,2-4,6-13,16-19,26-27H2,1H3. The summed E-state index contributed by atoms with van der Waals surface area (Å²) in [5.41, 5.74) is 1.82. The highest BCUT2D eigenvalue weighted by molar-refractivity contribution is 5.91. The second-order valence-electron chi connectivity index (χ2n) is 12.2. The maximum absolute atomic E-state index is 12.6. The van der Waals surface area contributed by atoms with Crippen LogP contribution >= 0.6 is 0 Å². The Kier molecular flexibility index (Phi) is 12.4. The van der Waals surface area contributed by atoms with E-state index in [0.29, 0.717) is 36.0 Å². The van der Waals surface area contributed by atoms with Crippen LogP contribution in [0.25, 0.3) is 0 Å². The Bertz CT molecular complexity index is 1070. The van der Waals surface area contributed by atoms with Gasteiger partial charge in [0.05, 0.1) is 18.8 Å². The fourth-order valence-corrected chi connectivity index (χ4v) is 6.76. The number of hydrogen-bond acceptors (Lipinski definition) is 4. The molecule has 4 heteroatoms. The van der Waals surface area contributed by atoms with Crippen molar-refractivity contribution in [3.63, 3.8) is 0 Å². The minimum absolute atomic E-state index is 0.365. The van der Waals surface area contributed by atoms with Crippen LogP contribution in [0.15, 0.2) is 73.5 Å². The number of aryl methyl sites for hydroxylation is 1. The molecule has 0 spiro atoms. The molecule has 0 bridgehead atoms. The molecule has 0 amide bonds. The third kappa shape index (κ3) is 10.1. The average molecular weight is 559 g/mol. The van der Waals surface area contributed by atoms with E-state index in [1.165, 1.54) is 76.2 Å². The maximum atomic E-state index is 12.6. The van der Waals surface area contributed by atoms with Crippen molar-refractivity contribution in [2.24, 2.45) is 23.7 Å². The van der Waals surface area contributed by atoms with Crippen molar-refractivity contribution < 1.29 is 19.0 Å². The minimum Gasteiger partial charge on any atom is -0.494 e. The number of rotatable bonds is 15. The summed E-state index contributed by atoms with van der Waals surface area (Å²) in [4.78, 5) is 12.6. The Morgan fingerprint density at radius 3 is 1.98 bits per heavy atom. The van der Waals surface area contributed by atoms with Crippen molar-refractivity contribution >= 4 is 5.97 Å². The van der Waals surface area contributed by atoms with Crippen LogP contribution in [0.5, 0.6) is 11.5 Å². The van der Waals surface area contributed by atoms with Gasteiger partial charge >= 0.3 is 5.97 Å². The summed E-state index contributed by atoms with van der Waals surface area (Å²) < 4.78 is 16.7. The van der Waals surface area contributed by atoms with Crippen molar-refractivity contribution in [1.29, 1.82) is 0 Å². The van der Waals surface area contributed by atoms with E-state index in [-0.39, 0.29) is 5.97 Å². The Hall–Kier alpha value is -3.01. The maximum Gasteiger partial charge on any atom is 0.343 e. The van der Waals surface area contributed by atoms with Gasteiger partial charge in [-0.05, 0) is 110 Å². The van der Waals surface area contributed by atoms with Crippen LogP contribution in [0.2, 0.25) is 0 Å². The molecule has 0 heterocycles. The van der Waals surface area contributed by atoms with Gasteiger partial charge in [-0.1, -0.05) is 70.7 Å². The number of allylic oxidation sites excluding steroid dienone is 1. The van der Waals surface area contributed by atoms with Gasteiger partial charge in [-0.2, -0.15) is 0 Å². The molecule has 0 aliphatic heterocycles. The summed E-state index contributed by atoms with van der Waals surface area (Å²) in [6, 6.07) is 15.1. The molecule has 0 N–H and O–H groups in total. The fraction of sp³-hybridized carbons (Fsp3) is 0.541. The first-order valence-electron chi connectivity index (χ1n) is 16.0. The van der Waals surface area contributed by atoms with Crippen molar-refractivity contribution in [3.05, 3.63) is 84.7 Å². The number of carbonyl (C=O) groups excluding carboxylic acids is 1.